The summed E-state index contributed by atoms with van der Waals surface area (Å²) in [4.78, 5) is 18.4. The number of benzene rings is 1. The first kappa shape index (κ1) is 12.9. The van der Waals surface area contributed by atoms with Gasteiger partial charge in [0, 0.05) is 24.0 Å². The minimum Gasteiger partial charge on any atom is -0.493 e. The molecule has 0 radical (unpaired) electrons. The summed E-state index contributed by atoms with van der Waals surface area (Å²) in [6, 6.07) is 7.55. The highest BCUT2D eigenvalue weighted by Gasteiger charge is 2.01. The number of aromatic nitrogens is 2. The lowest BCUT2D eigenvalue weighted by atomic mass is 10.2. The molecule has 0 atom stereocenters. The van der Waals surface area contributed by atoms with E-state index in [1.165, 1.54) is 6.08 Å². The second-order valence-corrected chi connectivity index (χ2v) is 3.73. The molecule has 1 aromatic heterocycles. The van der Waals surface area contributed by atoms with Crippen LogP contribution in [0, 0.1) is 0 Å². The fourth-order valence-electron chi connectivity index (χ4n) is 1.56. The third kappa shape index (κ3) is 3.70. The molecule has 0 spiro atoms. The Morgan fingerprint density at radius 3 is 3.05 bits per heavy atom. The van der Waals surface area contributed by atoms with E-state index in [0.717, 1.165) is 11.3 Å². The van der Waals surface area contributed by atoms with Gasteiger partial charge in [-0.05, 0) is 19.1 Å². The number of para-hydroxylation sites is 1. The zero-order chi connectivity index (χ0) is 13.5. The SMILES string of the molecule is CCOc1ccccc1/C=C/C(=O)Nc1ncc[nH]1. The van der Waals surface area contributed by atoms with E-state index < -0.39 is 0 Å². The summed E-state index contributed by atoms with van der Waals surface area (Å²) in [7, 11) is 0. The number of hydrogen-bond acceptors (Lipinski definition) is 3. The predicted molar refractivity (Wildman–Crippen MR) is 73.9 cm³/mol. The van der Waals surface area contributed by atoms with E-state index in [4.69, 9.17) is 4.74 Å². The summed E-state index contributed by atoms with van der Waals surface area (Å²) in [5.41, 5.74) is 0.860. The van der Waals surface area contributed by atoms with E-state index in [1.54, 1.807) is 18.5 Å². The number of anilines is 1. The highest BCUT2D eigenvalue weighted by atomic mass is 16.5. The van der Waals surface area contributed by atoms with Gasteiger partial charge in [0.15, 0.2) is 0 Å². The number of hydrogen-bond donors (Lipinski definition) is 2. The van der Waals surface area contributed by atoms with Crippen molar-refractivity contribution in [1.29, 1.82) is 0 Å². The van der Waals surface area contributed by atoms with Crippen LogP contribution >= 0.6 is 0 Å². The van der Waals surface area contributed by atoms with Gasteiger partial charge in [-0.15, -0.1) is 0 Å². The maximum atomic E-state index is 11.7. The molecule has 1 aromatic carbocycles. The zero-order valence-corrected chi connectivity index (χ0v) is 10.6. The van der Waals surface area contributed by atoms with Crippen molar-refractivity contribution in [3.63, 3.8) is 0 Å². The molecule has 2 rings (SSSR count). The Morgan fingerprint density at radius 1 is 1.47 bits per heavy atom. The maximum Gasteiger partial charge on any atom is 0.250 e. The normalized spacial score (nSPS) is 10.6. The summed E-state index contributed by atoms with van der Waals surface area (Å²) in [5, 5.41) is 2.61. The standard InChI is InChI=1S/C14H15N3O2/c1-2-19-12-6-4-3-5-11(12)7-8-13(18)17-14-15-9-10-16-14/h3-10H,2H2,1H3,(H2,15,16,17,18)/b8-7+. The fourth-order valence-corrected chi connectivity index (χ4v) is 1.56. The average Bonchev–Trinajstić information content (AvgIpc) is 2.91. The molecule has 0 aliphatic carbocycles. The Bertz CT molecular complexity index is 562. The molecule has 0 bridgehead atoms. The first-order valence-electron chi connectivity index (χ1n) is 6.00. The smallest absolute Gasteiger partial charge is 0.250 e. The monoisotopic (exact) mass is 257 g/mol. The van der Waals surface area contributed by atoms with Gasteiger partial charge < -0.3 is 9.72 Å². The Morgan fingerprint density at radius 2 is 2.32 bits per heavy atom. The molecule has 5 nitrogen and oxygen atoms in total. The molecule has 0 aliphatic heterocycles. The molecule has 2 N–H and O–H groups in total. The van der Waals surface area contributed by atoms with Crippen LogP contribution in [0.3, 0.4) is 0 Å². The van der Waals surface area contributed by atoms with Gasteiger partial charge in [0.25, 0.3) is 5.91 Å². The number of carbonyl (C=O) groups excluding carboxylic acids is 1. The van der Waals surface area contributed by atoms with Gasteiger partial charge >= 0.3 is 0 Å². The van der Waals surface area contributed by atoms with E-state index in [2.05, 4.69) is 15.3 Å². The third-order valence-electron chi connectivity index (χ3n) is 2.37. The van der Waals surface area contributed by atoms with Crippen LogP contribution in [0.2, 0.25) is 0 Å². The van der Waals surface area contributed by atoms with Crippen LogP contribution in [0.5, 0.6) is 5.75 Å². The predicted octanol–water partition coefficient (Wildman–Crippen LogP) is 2.46. The summed E-state index contributed by atoms with van der Waals surface area (Å²) in [6.45, 7) is 2.51. The topological polar surface area (TPSA) is 67.0 Å². The largest absolute Gasteiger partial charge is 0.493 e. The number of rotatable bonds is 5. The second-order valence-electron chi connectivity index (χ2n) is 3.73. The zero-order valence-electron chi connectivity index (χ0n) is 10.6. The molecule has 19 heavy (non-hydrogen) atoms. The molecular formula is C14H15N3O2. The van der Waals surface area contributed by atoms with Crippen molar-refractivity contribution in [2.24, 2.45) is 0 Å². The number of amides is 1. The number of imidazole rings is 1. The van der Waals surface area contributed by atoms with Crippen LogP contribution in [0.15, 0.2) is 42.7 Å². The first-order valence-corrected chi connectivity index (χ1v) is 6.00. The van der Waals surface area contributed by atoms with Crippen LogP contribution < -0.4 is 10.1 Å². The van der Waals surface area contributed by atoms with Crippen molar-refractivity contribution in [2.75, 3.05) is 11.9 Å². The number of nitrogens with one attached hydrogen (secondary N) is 2. The molecule has 0 aliphatic rings. The Balaban J connectivity index is 2.03. The minimum absolute atomic E-state index is 0.249. The van der Waals surface area contributed by atoms with Crippen molar-refractivity contribution in [2.45, 2.75) is 6.92 Å². The molecule has 0 saturated carbocycles. The molecule has 5 heteroatoms. The molecule has 0 saturated heterocycles. The maximum absolute atomic E-state index is 11.7. The van der Waals surface area contributed by atoms with E-state index in [9.17, 15) is 4.79 Å². The van der Waals surface area contributed by atoms with Gasteiger partial charge in [-0.1, -0.05) is 18.2 Å². The third-order valence-corrected chi connectivity index (χ3v) is 2.37. The van der Waals surface area contributed by atoms with Gasteiger partial charge in [0.05, 0.1) is 6.61 Å². The van der Waals surface area contributed by atoms with Crippen LogP contribution in [0.1, 0.15) is 12.5 Å². The van der Waals surface area contributed by atoms with Crippen LogP contribution in [0.4, 0.5) is 5.95 Å². The second kappa shape index (κ2) is 6.39. The molecule has 0 unspecified atom stereocenters. The lowest BCUT2D eigenvalue weighted by Crippen LogP contribution is -2.08. The van der Waals surface area contributed by atoms with Crippen molar-refractivity contribution < 1.29 is 9.53 Å². The molecule has 98 valence electrons. The summed E-state index contributed by atoms with van der Waals surface area (Å²) < 4.78 is 5.47. The summed E-state index contributed by atoms with van der Waals surface area (Å²) in [5.74, 6) is 0.932. The number of aromatic amines is 1. The quantitative estimate of drug-likeness (QED) is 0.808. The molecule has 2 aromatic rings. The van der Waals surface area contributed by atoms with Crippen molar-refractivity contribution in [3.05, 3.63) is 48.3 Å². The van der Waals surface area contributed by atoms with Crippen LogP contribution in [0.25, 0.3) is 6.08 Å². The lowest BCUT2D eigenvalue weighted by Gasteiger charge is -2.06. The summed E-state index contributed by atoms with van der Waals surface area (Å²) >= 11 is 0. The van der Waals surface area contributed by atoms with Crippen molar-refractivity contribution >= 4 is 17.9 Å². The molecule has 1 amide bonds. The number of carbonyl (C=O) groups is 1. The van der Waals surface area contributed by atoms with Gasteiger partial charge in [-0.2, -0.15) is 0 Å². The highest BCUT2D eigenvalue weighted by molar-refractivity contribution is 6.01. The van der Waals surface area contributed by atoms with E-state index in [1.807, 2.05) is 31.2 Å². The number of ether oxygens (including phenoxy) is 1. The molecule has 0 fully saturated rings. The average molecular weight is 257 g/mol. The highest BCUT2D eigenvalue weighted by Crippen LogP contribution is 2.19. The van der Waals surface area contributed by atoms with Crippen LogP contribution in [-0.4, -0.2) is 22.5 Å². The van der Waals surface area contributed by atoms with Crippen molar-refractivity contribution in [3.8, 4) is 5.75 Å². The lowest BCUT2D eigenvalue weighted by molar-refractivity contribution is -0.111. The molecular weight excluding hydrogens is 242 g/mol. The molecule has 1 heterocycles. The van der Waals surface area contributed by atoms with Crippen molar-refractivity contribution in [1.82, 2.24) is 9.97 Å². The number of H-pyrrole nitrogens is 1. The summed E-state index contributed by atoms with van der Waals surface area (Å²) in [6.07, 6.45) is 6.37. The Hall–Kier alpha value is -2.56. The minimum atomic E-state index is -0.249. The Kier molecular flexibility index (Phi) is 4.34. The first-order chi connectivity index (χ1) is 9.29. The van der Waals surface area contributed by atoms with Gasteiger partial charge in [0.2, 0.25) is 5.95 Å². The van der Waals surface area contributed by atoms with E-state index >= 15 is 0 Å². The number of nitrogens with zero attached hydrogens (tertiary/aromatic N) is 1. The fraction of sp³-hybridized carbons (Fsp3) is 0.143. The van der Waals surface area contributed by atoms with Gasteiger partial charge in [-0.3, -0.25) is 10.1 Å². The van der Waals surface area contributed by atoms with Crippen LogP contribution in [-0.2, 0) is 4.79 Å². The Labute approximate surface area is 111 Å². The van der Waals surface area contributed by atoms with E-state index in [0.29, 0.717) is 12.6 Å². The van der Waals surface area contributed by atoms with E-state index in [-0.39, 0.29) is 5.91 Å². The van der Waals surface area contributed by atoms with Gasteiger partial charge in [-0.25, -0.2) is 4.98 Å². The van der Waals surface area contributed by atoms with Gasteiger partial charge in [0.1, 0.15) is 5.75 Å².